The standard InChI is InChI=1S/C10H14N2O4S/c1-11-17(15,16)12(8-10(13)14)7-9-5-3-2-4-6-9/h2-6,11H,7-8H2,1H3,(H,13,14). The van der Waals surface area contributed by atoms with Gasteiger partial charge in [0.2, 0.25) is 0 Å². The third kappa shape index (κ3) is 4.14. The van der Waals surface area contributed by atoms with Crippen LogP contribution in [-0.2, 0) is 21.5 Å². The topological polar surface area (TPSA) is 86.7 Å². The maximum absolute atomic E-state index is 11.6. The molecule has 0 aromatic heterocycles. The Balaban J connectivity index is 2.89. The molecule has 0 bridgehead atoms. The second kappa shape index (κ2) is 5.76. The van der Waals surface area contributed by atoms with Crippen molar-refractivity contribution in [2.24, 2.45) is 0 Å². The van der Waals surface area contributed by atoms with E-state index in [1.807, 2.05) is 0 Å². The lowest BCUT2D eigenvalue weighted by atomic mass is 10.2. The number of carbonyl (C=O) groups is 1. The van der Waals surface area contributed by atoms with Crippen molar-refractivity contribution in [3.05, 3.63) is 35.9 Å². The first-order valence-electron chi connectivity index (χ1n) is 4.90. The highest BCUT2D eigenvalue weighted by Crippen LogP contribution is 2.07. The zero-order valence-electron chi connectivity index (χ0n) is 9.33. The summed E-state index contributed by atoms with van der Waals surface area (Å²) in [5.74, 6) is -1.19. The lowest BCUT2D eigenvalue weighted by Gasteiger charge is -2.19. The van der Waals surface area contributed by atoms with Gasteiger partial charge in [-0.2, -0.15) is 12.7 Å². The van der Waals surface area contributed by atoms with Gasteiger partial charge in [-0.05, 0) is 5.56 Å². The normalized spacial score (nSPS) is 11.6. The monoisotopic (exact) mass is 258 g/mol. The second-order valence-electron chi connectivity index (χ2n) is 3.36. The predicted octanol–water partition coefficient (Wildman–Crippen LogP) is 0.0374. The van der Waals surface area contributed by atoms with Crippen LogP contribution in [0.15, 0.2) is 30.3 Å². The summed E-state index contributed by atoms with van der Waals surface area (Å²) in [5, 5.41) is 8.69. The van der Waals surface area contributed by atoms with Crippen molar-refractivity contribution in [2.45, 2.75) is 6.54 Å². The van der Waals surface area contributed by atoms with E-state index in [4.69, 9.17) is 5.11 Å². The van der Waals surface area contributed by atoms with Gasteiger partial charge in [0.15, 0.2) is 0 Å². The van der Waals surface area contributed by atoms with Crippen LogP contribution in [-0.4, -0.2) is 37.4 Å². The van der Waals surface area contributed by atoms with Gasteiger partial charge in [-0.3, -0.25) is 4.79 Å². The van der Waals surface area contributed by atoms with Crippen molar-refractivity contribution in [1.82, 2.24) is 9.03 Å². The van der Waals surface area contributed by atoms with Crippen molar-refractivity contribution in [1.29, 1.82) is 0 Å². The molecular formula is C10H14N2O4S. The SMILES string of the molecule is CNS(=O)(=O)N(CC(=O)O)Cc1ccccc1. The van der Waals surface area contributed by atoms with Crippen molar-refractivity contribution in [3.8, 4) is 0 Å². The van der Waals surface area contributed by atoms with Gasteiger partial charge in [-0.25, -0.2) is 4.72 Å². The van der Waals surface area contributed by atoms with Crippen LogP contribution in [0, 0.1) is 0 Å². The van der Waals surface area contributed by atoms with E-state index >= 15 is 0 Å². The summed E-state index contributed by atoms with van der Waals surface area (Å²) < 4.78 is 26.1. The fourth-order valence-electron chi connectivity index (χ4n) is 1.29. The van der Waals surface area contributed by atoms with Crippen LogP contribution in [0.3, 0.4) is 0 Å². The van der Waals surface area contributed by atoms with Crippen LogP contribution < -0.4 is 4.72 Å². The second-order valence-corrected chi connectivity index (χ2v) is 5.23. The summed E-state index contributed by atoms with van der Waals surface area (Å²) in [5.41, 5.74) is 0.729. The molecule has 17 heavy (non-hydrogen) atoms. The van der Waals surface area contributed by atoms with Gasteiger partial charge >= 0.3 is 5.97 Å². The van der Waals surface area contributed by atoms with E-state index in [2.05, 4.69) is 4.72 Å². The molecule has 0 spiro atoms. The van der Waals surface area contributed by atoms with Crippen molar-refractivity contribution < 1.29 is 18.3 Å². The molecule has 0 aliphatic rings. The van der Waals surface area contributed by atoms with Gasteiger partial charge in [0.05, 0.1) is 0 Å². The number of hydrogen-bond acceptors (Lipinski definition) is 3. The van der Waals surface area contributed by atoms with Gasteiger partial charge < -0.3 is 5.11 Å². The van der Waals surface area contributed by atoms with Crippen LogP contribution in [0.2, 0.25) is 0 Å². The van der Waals surface area contributed by atoms with E-state index < -0.39 is 22.7 Å². The Kier molecular flexibility index (Phi) is 4.62. The Bertz CT molecular complexity index is 472. The summed E-state index contributed by atoms with van der Waals surface area (Å²) in [4.78, 5) is 10.6. The minimum Gasteiger partial charge on any atom is -0.480 e. The van der Waals surface area contributed by atoms with Gasteiger partial charge in [-0.15, -0.1) is 0 Å². The van der Waals surface area contributed by atoms with Crippen molar-refractivity contribution >= 4 is 16.2 Å². The number of nitrogens with one attached hydrogen (secondary N) is 1. The minimum absolute atomic E-state index is 0.0241. The molecule has 1 aromatic carbocycles. The third-order valence-electron chi connectivity index (χ3n) is 2.11. The smallest absolute Gasteiger partial charge is 0.318 e. The molecule has 0 amide bonds. The fraction of sp³-hybridized carbons (Fsp3) is 0.300. The molecule has 0 fully saturated rings. The van der Waals surface area contributed by atoms with Gasteiger partial charge in [0, 0.05) is 13.6 Å². The van der Waals surface area contributed by atoms with Crippen LogP contribution in [0.5, 0.6) is 0 Å². The first kappa shape index (κ1) is 13.6. The number of nitrogens with zero attached hydrogens (tertiary/aromatic N) is 1. The molecule has 0 aliphatic heterocycles. The highest BCUT2D eigenvalue weighted by Gasteiger charge is 2.22. The summed E-state index contributed by atoms with van der Waals surface area (Å²) in [6.07, 6.45) is 0. The summed E-state index contributed by atoms with van der Waals surface area (Å²) in [7, 11) is -2.51. The lowest BCUT2D eigenvalue weighted by Crippen LogP contribution is -2.41. The van der Waals surface area contributed by atoms with Gasteiger partial charge in [-0.1, -0.05) is 30.3 Å². The molecule has 0 saturated carbocycles. The average Bonchev–Trinajstić information content (AvgIpc) is 2.29. The van der Waals surface area contributed by atoms with E-state index in [9.17, 15) is 13.2 Å². The van der Waals surface area contributed by atoms with E-state index in [1.165, 1.54) is 7.05 Å². The number of aliphatic carboxylic acids is 1. The number of hydrogen-bond donors (Lipinski definition) is 2. The molecule has 0 aliphatic carbocycles. The molecule has 1 rings (SSSR count). The average molecular weight is 258 g/mol. The molecule has 6 nitrogen and oxygen atoms in total. The summed E-state index contributed by atoms with van der Waals surface area (Å²) >= 11 is 0. The summed E-state index contributed by atoms with van der Waals surface area (Å²) in [6, 6.07) is 8.80. The Hall–Kier alpha value is -1.44. The van der Waals surface area contributed by atoms with E-state index in [0.717, 1.165) is 9.87 Å². The molecule has 0 unspecified atom stereocenters. The first-order valence-corrected chi connectivity index (χ1v) is 6.34. The zero-order valence-corrected chi connectivity index (χ0v) is 10.1. The Morgan fingerprint density at radius 1 is 1.35 bits per heavy atom. The quantitative estimate of drug-likeness (QED) is 0.754. The molecule has 0 heterocycles. The molecule has 0 radical (unpaired) electrons. The molecular weight excluding hydrogens is 244 g/mol. The van der Waals surface area contributed by atoms with Crippen LogP contribution in [0.25, 0.3) is 0 Å². The van der Waals surface area contributed by atoms with Gasteiger partial charge in [0.25, 0.3) is 10.2 Å². The maximum Gasteiger partial charge on any atom is 0.318 e. The number of carboxylic acid groups (broad SMARTS) is 1. The molecule has 7 heteroatoms. The Morgan fingerprint density at radius 2 is 1.94 bits per heavy atom. The predicted molar refractivity (Wildman–Crippen MR) is 62.5 cm³/mol. The van der Waals surface area contributed by atoms with Crippen LogP contribution in [0.1, 0.15) is 5.56 Å². The Morgan fingerprint density at radius 3 is 2.41 bits per heavy atom. The zero-order chi connectivity index (χ0) is 12.9. The van der Waals surface area contributed by atoms with Crippen molar-refractivity contribution in [3.63, 3.8) is 0 Å². The molecule has 0 atom stereocenters. The fourth-order valence-corrected chi connectivity index (χ4v) is 2.15. The molecule has 94 valence electrons. The minimum atomic E-state index is -3.75. The van der Waals surface area contributed by atoms with E-state index in [0.29, 0.717) is 0 Å². The number of carboxylic acids is 1. The molecule has 2 N–H and O–H groups in total. The van der Waals surface area contributed by atoms with Crippen LogP contribution >= 0.6 is 0 Å². The molecule has 1 aromatic rings. The van der Waals surface area contributed by atoms with Gasteiger partial charge in [0.1, 0.15) is 6.54 Å². The number of rotatable bonds is 6. The molecule has 0 saturated heterocycles. The highest BCUT2D eigenvalue weighted by atomic mass is 32.2. The van der Waals surface area contributed by atoms with E-state index in [1.54, 1.807) is 30.3 Å². The van der Waals surface area contributed by atoms with Crippen molar-refractivity contribution in [2.75, 3.05) is 13.6 Å². The number of benzene rings is 1. The third-order valence-corrected chi connectivity index (χ3v) is 3.57. The largest absolute Gasteiger partial charge is 0.480 e. The highest BCUT2D eigenvalue weighted by molar-refractivity contribution is 7.87. The Labute approximate surface area is 100 Å². The van der Waals surface area contributed by atoms with E-state index in [-0.39, 0.29) is 6.54 Å². The maximum atomic E-state index is 11.6. The lowest BCUT2D eigenvalue weighted by molar-refractivity contribution is -0.137. The first-order chi connectivity index (χ1) is 7.95. The summed E-state index contributed by atoms with van der Waals surface area (Å²) in [6.45, 7) is -0.547. The van der Waals surface area contributed by atoms with Crippen LogP contribution in [0.4, 0.5) is 0 Å².